The maximum absolute atomic E-state index is 11.1. The summed E-state index contributed by atoms with van der Waals surface area (Å²) in [6.07, 6.45) is 1.39. The maximum Gasteiger partial charge on any atom is 0.352 e. The molecule has 0 unspecified atom stereocenters. The van der Waals surface area contributed by atoms with E-state index < -0.39 is 11.9 Å². The molecule has 0 fully saturated rings. The van der Waals surface area contributed by atoms with Gasteiger partial charge in [0.1, 0.15) is 18.1 Å². The molecule has 0 saturated carbocycles. The molecule has 124 valence electrons. The van der Waals surface area contributed by atoms with Crippen molar-refractivity contribution in [2.75, 3.05) is 0 Å². The summed E-state index contributed by atoms with van der Waals surface area (Å²) in [6, 6.07) is 14.8. The van der Waals surface area contributed by atoms with Crippen molar-refractivity contribution in [3.8, 4) is 5.75 Å². The molecule has 0 atom stereocenters. The smallest absolute Gasteiger partial charge is 0.352 e. The summed E-state index contributed by atoms with van der Waals surface area (Å²) < 4.78 is 6.71. The van der Waals surface area contributed by atoms with Crippen LogP contribution in [0.5, 0.6) is 5.75 Å². The normalized spacial score (nSPS) is 11.0. The number of amides is 1. The van der Waals surface area contributed by atoms with Crippen molar-refractivity contribution in [1.29, 1.82) is 0 Å². The van der Waals surface area contributed by atoms with Crippen LogP contribution in [0.2, 0.25) is 0 Å². The molecule has 2 N–H and O–H groups in total. The molecule has 0 aliphatic heterocycles. The molecule has 0 spiro atoms. The van der Waals surface area contributed by atoms with Crippen LogP contribution in [0.3, 0.4) is 0 Å². The number of carboxylic acid groups (broad SMARTS) is 1. The van der Waals surface area contributed by atoms with Crippen LogP contribution in [0.4, 0.5) is 0 Å². The van der Waals surface area contributed by atoms with Gasteiger partial charge in [-0.1, -0.05) is 40.2 Å². The quantitative estimate of drug-likeness (QED) is 0.740. The number of carbonyl (C=O) groups is 2. The first-order valence-electron chi connectivity index (χ1n) is 7.14. The van der Waals surface area contributed by atoms with Gasteiger partial charge in [0.05, 0.1) is 0 Å². The third-order valence-corrected chi connectivity index (χ3v) is 3.56. The van der Waals surface area contributed by atoms with Crippen LogP contribution < -0.4 is 10.1 Å². The first kappa shape index (κ1) is 17.7. The lowest BCUT2D eigenvalue weighted by Gasteiger charge is -2.08. The molecule has 1 amide bonds. The highest BCUT2D eigenvalue weighted by Crippen LogP contribution is 2.18. The van der Waals surface area contributed by atoms with Crippen LogP contribution in [0.25, 0.3) is 6.08 Å². The predicted molar refractivity (Wildman–Crippen MR) is 94.3 cm³/mol. The zero-order valence-electron chi connectivity index (χ0n) is 13.0. The van der Waals surface area contributed by atoms with Crippen LogP contribution in [0, 0.1) is 0 Å². The second kappa shape index (κ2) is 8.31. The number of benzene rings is 2. The lowest BCUT2D eigenvalue weighted by atomic mass is 10.1. The molecule has 24 heavy (non-hydrogen) atoms. The molecule has 2 aromatic carbocycles. The van der Waals surface area contributed by atoms with Crippen molar-refractivity contribution in [2.24, 2.45) is 0 Å². The average molecular weight is 390 g/mol. The number of ether oxygens (including phenoxy) is 1. The number of aliphatic carboxylic acids is 1. The molecule has 6 heteroatoms. The SMILES string of the molecule is CC(=O)NC(=Cc1cccc(OCc2ccc(Br)cc2)c1)C(=O)O. The summed E-state index contributed by atoms with van der Waals surface area (Å²) in [5, 5.41) is 11.4. The topological polar surface area (TPSA) is 75.6 Å². The summed E-state index contributed by atoms with van der Waals surface area (Å²) in [5.74, 6) is -1.03. The Labute approximate surface area is 148 Å². The predicted octanol–water partition coefficient (Wildman–Crippen LogP) is 3.59. The van der Waals surface area contributed by atoms with E-state index >= 15 is 0 Å². The minimum atomic E-state index is -1.20. The van der Waals surface area contributed by atoms with Gasteiger partial charge in [0.25, 0.3) is 0 Å². The molecule has 0 aliphatic carbocycles. The van der Waals surface area contributed by atoms with Gasteiger partial charge in [0, 0.05) is 11.4 Å². The van der Waals surface area contributed by atoms with Crippen molar-refractivity contribution in [3.05, 3.63) is 69.8 Å². The van der Waals surface area contributed by atoms with Gasteiger partial charge in [0.2, 0.25) is 5.91 Å². The largest absolute Gasteiger partial charge is 0.489 e. The van der Waals surface area contributed by atoms with Gasteiger partial charge in [-0.3, -0.25) is 4.79 Å². The highest BCUT2D eigenvalue weighted by Gasteiger charge is 2.09. The fourth-order valence-corrected chi connectivity index (χ4v) is 2.21. The van der Waals surface area contributed by atoms with Crippen molar-refractivity contribution >= 4 is 33.9 Å². The fraction of sp³-hybridized carbons (Fsp3) is 0.111. The molecule has 0 aliphatic rings. The van der Waals surface area contributed by atoms with E-state index in [0.29, 0.717) is 17.9 Å². The van der Waals surface area contributed by atoms with Crippen molar-refractivity contribution in [3.63, 3.8) is 0 Å². The first-order valence-corrected chi connectivity index (χ1v) is 7.93. The third kappa shape index (κ3) is 5.55. The number of carbonyl (C=O) groups excluding carboxylic acids is 1. The van der Waals surface area contributed by atoms with Gasteiger partial charge in [-0.05, 0) is 41.5 Å². The van der Waals surface area contributed by atoms with E-state index in [1.807, 2.05) is 24.3 Å². The monoisotopic (exact) mass is 389 g/mol. The standard InChI is InChI=1S/C18H16BrNO4/c1-12(21)20-17(18(22)23)10-14-3-2-4-16(9-14)24-11-13-5-7-15(19)8-6-13/h2-10H,11H2,1H3,(H,20,21)(H,22,23). The number of rotatable bonds is 6. The van der Waals surface area contributed by atoms with Gasteiger partial charge >= 0.3 is 5.97 Å². The molecule has 0 radical (unpaired) electrons. The Morgan fingerprint density at radius 2 is 1.92 bits per heavy atom. The van der Waals surface area contributed by atoms with E-state index in [-0.39, 0.29) is 5.70 Å². The Kier molecular flexibility index (Phi) is 6.14. The summed E-state index contributed by atoms with van der Waals surface area (Å²) in [5.41, 5.74) is 1.45. The Morgan fingerprint density at radius 1 is 1.21 bits per heavy atom. The van der Waals surface area contributed by atoms with Crippen LogP contribution >= 0.6 is 15.9 Å². The van der Waals surface area contributed by atoms with E-state index in [1.165, 1.54) is 13.0 Å². The number of hydrogen-bond donors (Lipinski definition) is 2. The summed E-state index contributed by atoms with van der Waals surface area (Å²) in [6.45, 7) is 1.66. The lowest BCUT2D eigenvalue weighted by Crippen LogP contribution is -2.24. The van der Waals surface area contributed by atoms with Crippen molar-refractivity contribution in [1.82, 2.24) is 5.32 Å². The number of nitrogens with one attached hydrogen (secondary N) is 1. The summed E-state index contributed by atoms with van der Waals surface area (Å²) >= 11 is 3.38. The van der Waals surface area contributed by atoms with Gasteiger partial charge in [0.15, 0.2) is 0 Å². The van der Waals surface area contributed by atoms with Crippen molar-refractivity contribution < 1.29 is 19.4 Å². The molecule has 2 aromatic rings. The first-order chi connectivity index (χ1) is 11.4. The fourth-order valence-electron chi connectivity index (χ4n) is 1.95. The second-order valence-corrected chi connectivity index (χ2v) is 5.95. The minimum absolute atomic E-state index is 0.187. The van der Waals surface area contributed by atoms with E-state index in [9.17, 15) is 9.59 Å². The number of hydrogen-bond acceptors (Lipinski definition) is 3. The summed E-state index contributed by atoms with van der Waals surface area (Å²) in [4.78, 5) is 22.2. The third-order valence-electron chi connectivity index (χ3n) is 3.03. The Hall–Kier alpha value is -2.60. The lowest BCUT2D eigenvalue weighted by molar-refractivity contribution is -0.134. The number of halogens is 1. The van der Waals surface area contributed by atoms with Crippen LogP contribution in [-0.2, 0) is 16.2 Å². The Bertz CT molecular complexity index is 769. The van der Waals surface area contributed by atoms with Crippen LogP contribution in [-0.4, -0.2) is 17.0 Å². The van der Waals surface area contributed by atoms with Gasteiger partial charge in [-0.25, -0.2) is 4.79 Å². The Morgan fingerprint density at radius 3 is 2.54 bits per heavy atom. The van der Waals surface area contributed by atoms with Crippen molar-refractivity contribution in [2.45, 2.75) is 13.5 Å². The van der Waals surface area contributed by atoms with E-state index in [4.69, 9.17) is 9.84 Å². The molecule has 0 heterocycles. The van der Waals surface area contributed by atoms with Crippen LogP contribution in [0.15, 0.2) is 58.7 Å². The van der Waals surface area contributed by atoms with Gasteiger partial charge < -0.3 is 15.2 Å². The number of carboxylic acids is 1. The molecular formula is C18H16BrNO4. The highest BCUT2D eigenvalue weighted by atomic mass is 79.9. The molecule has 0 bridgehead atoms. The minimum Gasteiger partial charge on any atom is -0.489 e. The van der Waals surface area contributed by atoms with E-state index in [1.54, 1.807) is 24.3 Å². The van der Waals surface area contributed by atoms with Gasteiger partial charge in [-0.15, -0.1) is 0 Å². The van der Waals surface area contributed by atoms with Gasteiger partial charge in [-0.2, -0.15) is 0 Å². The van der Waals surface area contributed by atoms with E-state index in [2.05, 4.69) is 21.2 Å². The zero-order valence-corrected chi connectivity index (χ0v) is 14.5. The molecule has 5 nitrogen and oxygen atoms in total. The van der Waals surface area contributed by atoms with E-state index in [0.717, 1.165) is 10.0 Å². The summed E-state index contributed by atoms with van der Waals surface area (Å²) in [7, 11) is 0. The molecule has 2 rings (SSSR count). The molecule has 0 aromatic heterocycles. The zero-order chi connectivity index (χ0) is 17.5. The second-order valence-electron chi connectivity index (χ2n) is 5.03. The van der Waals surface area contributed by atoms with Crippen LogP contribution in [0.1, 0.15) is 18.1 Å². The highest BCUT2D eigenvalue weighted by molar-refractivity contribution is 9.10. The Balaban J connectivity index is 2.11. The average Bonchev–Trinajstić information content (AvgIpc) is 2.53. The molecular weight excluding hydrogens is 374 g/mol. The maximum atomic E-state index is 11.1. The molecule has 0 saturated heterocycles.